The largest absolute Gasteiger partial charge is 0.369 e. The van der Waals surface area contributed by atoms with Gasteiger partial charge in [-0.15, -0.1) is 0 Å². The Morgan fingerprint density at radius 3 is 2.42 bits per heavy atom. The average molecular weight is 441 g/mol. The van der Waals surface area contributed by atoms with Crippen LogP contribution in [0.1, 0.15) is 17.3 Å². The third-order valence-electron chi connectivity index (χ3n) is 6.22. The van der Waals surface area contributed by atoms with E-state index in [1.54, 1.807) is 6.20 Å². The van der Waals surface area contributed by atoms with Gasteiger partial charge in [0, 0.05) is 49.7 Å². The first kappa shape index (κ1) is 21.2. The van der Waals surface area contributed by atoms with Crippen molar-refractivity contribution in [2.45, 2.75) is 13.5 Å². The van der Waals surface area contributed by atoms with Gasteiger partial charge >= 0.3 is 0 Å². The summed E-state index contributed by atoms with van der Waals surface area (Å²) in [6, 6.07) is 19.9. The number of likely N-dealkylation sites (N-methyl/N-ethyl adjacent to an activating group) is 1. The van der Waals surface area contributed by atoms with Crippen molar-refractivity contribution >= 4 is 28.3 Å². The van der Waals surface area contributed by atoms with Gasteiger partial charge in [-0.1, -0.05) is 30.3 Å². The van der Waals surface area contributed by atoms with Crippen molar-refractivity contribution in [3.63, 3.8) is 0 Å². The number of amides is 1. The van der Waals surface area contributed by atoms with Crippen LogP contribution in [0.15, 0.2) is 66.9 Å². The minimum Gasteiger partial charge on any atom is -0.369 e. The smallest absolute Gasteiger partial charge is 0.256 e. The van der Waals surface area contributed by atoms with Crippen molar-refractivity contribution in [3.8, 4) is 11.3 Å². The van der Waals surface area contributed by atoms with Gasteiger partial charge in [0.1, 0.15) is 0 Å². The molecule has 1 saturated heterocycles. The Bertz CT molecular complexity index is 1260. The van der Waals surface area contributed by atoms with Crippen molar-refractivity contribution in [3.05, 3.63) is 72.4 Å². The highest BCUT2D eigenvalue weighted by atomic mass is 16.1. The van der Waals surface area contributed by atoms with Crippen LogP contribution in [0, 0.1) is 0 Å². The van der Waals surface area contributed by atoms with Crippen LogP contribution in [0.3, 0.4) is 0 Å². The molecule has 168 valence electrons. The summed E-state index contributed by atoms with van der Waals surface area (Å²) in [6.45, 7) is 6.85. The normalized spacial score (nSPS) is 14.5. The van der Waals surface area contributed by atoms with Crippen LogP contribution >= 0.6 is 0 Å². The van der Waals surface area contributed by atoms with Gasteiger partial charge in [0.25, 0.3) is 5.91 Å². The molecule has 0 spiro atoms. The fourth-order valence-corrected chi connectivity index (χ4v) is 4.24. The fourth-order valence-electron chi connectivity index (χ4n) is 4.24. The van der Waals surface area contributed by atoms with Crippen LogP contribution in [0.2, 0.25) is 0 Å². The van der Waals surface area contributed by atoms with Gasteiger partial charge in [-0.3, -0.25) is 4.79 Å². The SMILES string of the molecule is CCn1ncc2c(C(=O)Nc3ccc(N4CCN(C)CC4)cc3)cc(-c3ccccc3)nc21. The molecule has 0 atom stereocenters. The van der Waals surface area contributed by atoms with Crippen molar-refractivity contribution < 1.29 is 4.79 Å². The summed E-state index contributed by atoms with van der Waals surface area (Å²) >= 11 is 0. The number of nitrogens with one attached hydrogen (secondary N) is 1. The maximum atomic E-state index is 13.3. The lowest BCUT2D eigenvalue weighted by Gasteiger charge is -2.34. The molecule has 3 heterocycles. The number of piperazine rings is 1. The van der Waals surface area contributed by atoms with Crippen LogP contribution in [-0.2, 0) is 6.54 Å². The maximum absolute atomic E-state index is 13.3. The quantitative estimate of drug-likeness (QED) is 0.506. The van der Waals surface area contributed by atoms with Crippen molar-refractivity contribution in [1.29, 1.82) is 0 Å². The zero-order chi connectivity index (χ0) is 22.8. The number of benzene rings is 2. The molecule has 1 fully saturated rings. The molecule has 7 heteroatoms. The van der Waals surface area contributed by atoms with Gasteiger partial charge in [0.05, 0.1) is 22.8 Å². The van der Waals surface area contributed by atoms with E-state index < -0.39 is 0 Å². The zero-order valence-electron chi connectivity index (χ0n) is 19.0. The molecule has 2 aromatic heterocycles. The third-order valence-corrected chi connectivity index (χ3v) is 6.22. The standard InChI is InChI=1S/C26H28N6O/c1-3-32-25-23(18-27-32)22(17-24(29-25)19-7-5-4-6-8-19)26(33)28-20-9-11-21(12-10-20)31-15-13-30(2)14-16-31/h4-12,17-18H,3,13-16H2,1-2H3,(H,28,33). The van der Waals surface area contributed by atoms with Gasteiger partial charge < -0.3 is 15.1 Å². The molecule has 0 aliphatic carbocycles. The van der Waals surface area contributed by atoms with E-state index in [0.717, 1.165) is 54.2 Å². The molecule has 0 radical (unpaired) electrons. The minimum absolute atomic E-state index is 0.164. The molecular formula is C26H28N6O. The molecule has 2 aromatic carbocycles. The molecule has 0 bridgehead atoms. The maximum Gasteiger partial charge on any atom is 0.256 e. The average Bonchev–Trinajstić information content (AvgIpc) is 3.28. The Morgan fingerprint density at radius 1 is 1.00 bits per heavy atom. The van der Waals surface area contributed by atoms with E-state index in [1.165, 1.54) is 5.69 Å². The first-order chi connectivity index (χ1) is 16.1. The summed E-state index contributed by atoms with van der Waals surface area (Å²) in [5.74, 6) is -0.164. The second-order valence-electron chi connectivity index (χ2n) is 8.41. The van der Waals surface area contributed by atoms with Crippen molar-refractivity contribution in [1.82, 2.24) is 19.7 Å². The Labute approximate surface area is 193 Å². The number of carbonyl (C=O) groups excluding carboxylic acids is 1. The van der Waals surface area contributed by atoms with E-state index in [-0.39, 0.29) is 5.91 Å². The Balaban J connectivity index is 1.43. The lowest BCUT2D eigenvalue weighted by molar-refractivity contribution is 0.102. The van der Waals surface area contributed by atoms with Crippen molar-refractivity contribution in [2.24, 2.45) is 0 Å². The number of rotatable bonds is 5. The van der Waals surface area contributed by atoms with E-state index in [2.05, 4.69) is 39.4 Å². The van der Waals surface area contributed by atoms with Crippen LogP contribution in [0.25, 0.3) is 22.3 Å². The van der Waals surface area contributed by atoms with Gasteiger partial charge in [-0.05, 0) is 44.3 Å². The lowest BCUT2D eigenvalue weighted by Crippen LogP contribution is -2.44. The van der Waals surface area contributed by atoms with Gasteiger partial charge in [-0.2, -0.15) is 5.10 Å². The molecule has 0 saturated carbocycles. The first-order valence-electron chi connectivity index (χ1n) is 11.4. The molecule has 1 aliphatic rings. The van der Waals surface area contributed by atoms with Gasteiger partial charge in [-0.25, -0.2) is 9.67 Å². The minimum atomic E-state index is -0.164. The number of aryl methyl sites for hydroxylation is 1. The Hall–Kier alpha value is -3.71. The van der Waals surface area contributed by atoms with Gasteiger partial charge in [0.15, 0.2) is 5.65 Å². The number of hydrogen-bond donors (Lipinski definition) is 1. The molecule has 1 N–H and O–H groups in total. The topological polar surface area (TPSA) is 66.3 Å². The van der Waals surface area contributed by atoms with Crippen LogP contribution in [-0.4, -0.2) is 58.8 Å². The molecule has 1 amide bonds. The summed E-state index contributed by atoms with van der Waals surface area (Å²) in [5.41, 5.74) is 4.97. The number of pyridine rings is 1. The number of anilines is 2. The summed E-state index contributed by atoms with van der Waals surface area (Å²) in [5, 5.41) is 8.25. The Morgan fingerprint density at radius 2 is 1.73 bits per heavy atom. The molecular weight excluding hydrogens is 412 g/mol. The highest BCUT2D eigenvalue weighted by Crippen LogP contribution is 2.26. The molecule has 1 aliphatic heterocycles. The van der Waals surface area contributed by atoms with Gasteiger partial charge in [0.2, 0.25) is 0 Å². The second-order valence-corrected chi connectivity index (χ2v) is 8.41. The number of hydrogen-bond acceptors (Lipinski definition) is 5. The monoisotopic (exact) mass is 440 g/mol. The predicted molar refractivity (Wildman–Crippen MR) is 133 cm³/mol. The number of nitrogens with zero attached hydrogens (tertiary/aromatic N) is 5. The van der Waals surface area contributed by atoms with E-state index in [9.17, 15) is 4.79 Å². The molecule has 7 nitrogen and oxygen atoms in total. The summed E-state index contributed by atoms with van der Waals surface area (Å²) < 4.78 is 1.82. The first-order valence-corrected chi connectivity index (χ1v) is 11.4. The second kappa shape index (κ2) is 9.03. The Kier molecular flexibility index (Phi) is 5.79. The number of aromatic nitrogens is 3. The summed E-state index contributed by atoms with van der Waals surface area (Å²) in [7, 11) is 2.15. The fraction of sp³-hybridized carbons (Fsp3) is 0.269. The van der Waals surface area contributed by atoms with E-state index >= 15 is 0 Å². The molecule has 0 unspecified atom stereocenters. The van der Waals surface area contributed by atoms with Crippen LogP contribution in [0.4, 0.5) is 11.4 Å². The molecule has 33 heavy (non-hydrogen) atoms. The van der Waals surface area contributed by atoms with E-state index in [4.69, 9.17) is 4.98 Å². The molecule has 5 rings (SSSR count). The van der Waals surface area contributed by atoms with E-state index in [1.807, 2.05) is 60.1 Å². The summed E-state index contributed by atoms with van der Waals surface area (Å²) in [6.07, 6.45) is 1.73. The lowest BCUT2D eigenvalue weighted by atomic mass is 10.1. The third kappa shape index (κ3) is 4.32. The summed E-state index contributed by atoms with van der Waals surface area (Å²) in [4.78, 5) is 22.9. The predicted octanol–water partition coefficient (Wildman–Crippen LogP) is 4.12. The van der Waals surface area contributed by atoms with Crippen molar-refractivity contribution in [2.75, 3.05) is 43.4 Å². The van der Waals surface area contributed by atoms with Crippen LogP contribution in [0.5, 0.6) is 0 Å². The zero-order valence-corrected chi connectivity index (χ0v) is 19.0. The number of fused-ring (bicyclic) bond motifs is 1. The molecule has 4 aromatic rings. The van der Waals surface area contributed by atoms with E-state index in [0.29, 0.717) is 12.1 Å². The highest BCUT2D eigenvalue weighted by Gasteiger charge is 2.18. The van der Waals surface area contributed by atoms with Crippen LogP contribution < -0.4 is 10.2 Å². The highest BCUT2D eigenvalue weighted by molar-refractivity contribution is 6.12. The number of carbonyl (C=O) groups is 1.